The third-order valence-electron chi connectivity index (χ3n) is 10.2. The van der Waals surface area contributed by atoms with Crippen molar-refractivity contribution < 1.29 is 24.3 Å². The topological polar surface area (TPSA) is 145 Å². The summed E-state index contributed by atoms with van der Waals surface area (Å²) < 4.78 is 0. The number of aliphatic hydroxyl groups excluding tert-OH is 1. The Morgan fingerprint density at radius 3 is 2.18 bits per heavy atom. The molecule has 2 rings (SSSR count). The molecule has 328 valence electrons. The number of hydrogen-bond donors (Lipinski definition) is 3. The second kappa shape index (κ2) is 33.3. The summed E-state index contributed by atoms with van der Waals surface area (Å²) in [5.74, 6) is 1.33. The quantitative estimate of drug-likeness (QED) is 0.0362. The van der Waals surface area contributed by atoms with Crippen LogP contribution in [0.2, 0.25) is 0 Å². The number of unbranched alkanes of at least 4 members (excludes halogenated alkanes) is 4. The van der Waals surface area contributed by atoms with Crippen molar-refractivity contribution in [3.05, 3.63) is 29.8 Å². The number of benzene rings is 1. The van der Waals surface area contributed by atoms with Gasteiger partial charge in [-0.25, -0.2) is 0 Å². The monoisotopic (exact) mass is 818 g/mol. The van der Waals surface area contributed by atoms with E-state index < -0.39 is 0 Å². The zero-order chi connectivity index (χ0) is 43.1. The number of carbonyl (C=O) groups is 4. The van der Waals surface area contributed by atoms with Gasteiger partial charge in [-0.3, -0.25) is 9.79 Å². The number of hydrogen-bond acceptors (Lipinski definition) is 10. The van der Waals surface area contributed by atoms with Crippen molar-refractivity contribution in [2.75, 3.05) is 58.0 Å². The number of carbonyl (C=O) groups excluding carboxylic acids is 4. The van der Waals surface area contributed by atoms with Gasteiger partial charge in [-0.05, 0) is 95.6 Å². The van der Waals surface area contributed by atoms with E-state index in [0.29, 0.717) is 43.9 Å². The van der Waals surface area contributed by atoms with Gasteiger partial charge in [0.2, 0.25) is 5.91 Å². The Kier molecular flexibility index (Phi) is 31.7. The van der Waals surface area contributed by atoms with Gasteiger partial charge in [0.05, 0.1) is 11.7 Å². The molecule has 0 radical (unpaired) electrons. The van der Waals surface area contributed by atoms with Crippen molar-refractivity contribution in [2.24, 2.45) is 28.0 Å². The lowest BCUT2D eigenvalue weighted by atomic mass is 9.86. The normalized spacial score (nSPS) is 15.0. The Bertz CT molecular complexity index is 1240. The zero-order valence-corrected chi connectivity index (χ0v) is 38.3. The predicted molar refractivity (Wildman–Crippen MR) is 243 cm³/mol. The number of aliphatic hydroxyl groups is 1. The third kappa shape index (κ3) is 26.9. The molecule has 1 fully saturated rings. The first-order chi connectivity index (χ1) is 27.2. The number of nitrogens with two attached hydrogens (primary N) is 1. The summed E-state index contributed by atoms with van der Waals surface area (Å²) >= 11 is 1.57. The van der Waals surface area contributed by atoms with Crippen LogP contribution in [0, 0.1) is 17.3 Å². The number of piperidine rings is 1. The number of anilines is 1. The van der Waals surface area contributed by atoms with Gasteiger partial charge in [0, 0.05) is 74.3 Å². The summed E-state index contributed by atoms with van der Waals surface area (Å²) in [7, 11) is 3.95. The second-order valence-electron chi connectivity index (χ2n) is 16.8. The number of nitrogens with one attached hydrogen (secondary N) is 1. The SMILES string of the molecule is CC(C)(C=O)CC(N)Cc1ccc(NCCO)cc1.CCCCCCN(C(=O)CCCC)C(CC(CC(C)=O)C(=NC)SCCC=O)C(C)C.CN1CCCCC1. The van der Waals surface area contributed by atoms with Crippen molar-refractivity contribution in [2.45, 2.75) is 157 Å². The molecule has 1 saturated heterocycles. The molecule has 0 aliphatic carbocycles. The van der Waals surface area contributed by atoms with Crippen LogP contribution in [0.1, 0.15) is 144 Å². The predicted octanol–water partition coefficient (Wildman–Crippen LogP) is 8.62. The Morgan fingerprint density at radius 2 is 1.68 bits per heavy atom. The summed E-state index contributed by atoms with van der Waals surface area (Å²) in [6.45, 7) is 18.2. The van der Waals surface area contributed by atoms with Gasteiger partial charge >= 0.3 is 0 Å². The lowest BCUT2D eigenvalue weighted by molar-refractivity contribution is -0.135. The lowest BCUT2D eigenvalue weighted by Gasteiger charge is -2.37. The Morgan fingerprint density at radius 1 is 1.04 bits per heavy atom. The minimum Gasteiger partial charge on any atom is -0.395 e. The fourth-order valence-corrected chi connectivity index (χ4v) is 7.98. The molecule has 1 aromatic rings. The van der Waals surface area contributed by atoms with Gasteiger partial charge in [-0.1, -0.05) is 85.8 Å². The first-order valence-electron chi connectivity index (χ1n) is 21.8. The van der Waals surface area contributed by atoms with Crippen molar-refractivity contribution in [1.82, 2.24) is 9.80 Å². The zero-order valence-electron chi connectivity index (χ0n) is 37.5. The van der Waals surface area contributed by atoms with E-state index in [0.717, 1.165) is 73.9 Å². The van der Waals surface area contributed by atoms with Crippen molar-refractivity contribution in [1.29, 1.82) is 0 Å². The highest BCUT2D eigenvalue weighted by molar-refractivity contribution is 8.14. The molecule has 1 aromatic carbocycles. The number of aliphatic imine (C=N–C) groups is 1. The molecule has 10 nitrogen and oxygen atoms in total. The maximum atomic E-state index is 13.2. The molecule has 0 saturated carbocycles. The van der Waals surface area contributed by atoms with Crippen molar-refractivity contribution in [3.63, 3.8) is 0 Å². The number of nitrogens with zero attached hydrogens (tertiary/aromatic N) is 3. The van der Waals surface area contributed by atoms with E-state index in [4.69, 9.17) is 10.8 Å². The van der Waals surface area contributed by atoms with Crippen molar-refractivity contribution >= 4 is 46.8 Å². The summed E-state index contributed by atoms with van der Waals surface area (Å²) in [6, 6.07) is 8.06. The Labute approximate surface area is 352 Å². The van der Waals surface area contributed by atoms with Gasteiger partial charge < -0.3 is 40.3 Å². The van der Waals surface area contributed by atoms with E-state index in [1.807, 2.05) is 38.1 Å². The van der Waals surface area contributed by atoms with E-state index >= 15 is 0 Å². The molecule has 3 unspecified atom stereocenters. The molecule has 1 heterocycles. The highest BCUT2D eigenvalue weighted by Gasteiger charge is 2.31. The number of likely N-dealkylation sites (tertiary alicyclic amines) is 1. The minimum atomic E-state index is -0.359. The van der Waals surface area contributed by atoms with E-state index in [1.165, 1.54) is 45.2 Å². The van der Waals surface area contributed by atoms with Gasteiger partial charge in [0.25, 0.3) is 0 Å². The number of amides is 1. The molecule has 4 N–H and O–H groups in total. The van der Waals surface area contributed by atoms with Crippen molar-refractivity contribution in [3.8, 4) is 0 Å². The van der Waals surface area contributed by atoms with Crippen LogP contribution in [-0.4, -0.2) is 109 Å². The number of rotatable bonds is 26. The largest absolute Gasteiger partial charge is 0.395 e. The number of aldehydes is 2. The molecule has 1 aliphatic rings. The summed E-state index contributed by atoms with van der Waals surface area (Å²) in [6.07, 6.45) is 16.3. The number of ketones is 1. The van der Waals surface area contributed by atoms with Crippen LogP contribution in [0.15, 0.2) is 29.3 Å². The number of thioether (sulfide) groups is 1. The third-order valence-corrected chi connectivity index (χ3v) is 11.4. The molecule has 0 bridgehead atoms. The van der Waals surface area contributed by atoms with E-state index in [2.05, 4.69) is 54.9 Å². The maximum Gasteiger partial charge on any atom is 0.222 e. The summed E-state index contributed by atoms with van der Waals surface area (Å²) in [4.78, 5) is 55.8. The molecule has 3 atom stereocenters. The average Bonchev–Trinajstić information content (AvgIpc) is 3.17. The second-order valence-corrected chi connectivity index (χ2v) is 17.9. The van der Waals surface area contributed by atoms with Crippen LogP contribution in [-0.2, 0) is 25.6 Å². The fourth-order valence-electron chi connectivity index (χ4n) is 7.01. The summed E-state index contributed by atoms with van der Waals surface area (Å²) in [5.41, 5.74) is 7.86. The fraction of sp³-hybridized carbons (Fsp3) is 0.761. The van der Waals surface area contributed by atoms with Gasteiger partial charge in [0.15, 0.2) is 0 Å². The first kappa shape index (κ1) is 54.4. The van der Waals surface area contributed by atoms with Crippen LogP contribution in [0.3, 0.4) is 0 Å². The molecule has 11 heteroatoms. The molecular formula is C46H83N5O5S. The highest BCUT2D eigenvalue weighted by Crippen LogP contribution is 2.29. The lowest BCUT2D eigenvalue weighted by Crippen LogP contribution is -2.45. The Balaban J connectivity index is 0.00000100. The smallest absolute Gasteiger partial charge is 0.222 e. The Hall–Kier alpha value is -2.60. The van der Waals surface area contributed by atoms with Crippen LogP contribution in [0.5, 0.6) is 0 Å². The summed E-state index contributed by atoms with van der Waals surface area (Å²) in [5, 5.41) is 12.7. The van der Waals surface area contributed by atoms with Gasteiger partial charge in [0.1, 0.15) is 18.4 Å². The molecule has 1 aliphatic heterocycles. The van der Waals surface area contributed by atoms with Crippen LogP contribution >= 0.6 is 11.8 Å². The highest BCUT2D eigenvalue weighted by atomic mass is 32.2. The van der Waals surface area contributed by atoms with Gasteiger partial charge in [-0.15, -0.1) is 11.8 Å². The van der Waals surface area contributed by atoms with E-state index in [1.54, 1.807) is 25.7 Å². The molecular weight excluding hydrogens is 735 g/mol. The van der Waals surface area contributed by atoms with Crippen LogP contribution < -0.4 is 11.1 Å². The molecule has 57 heavy (non-hydrogen) atoms. The van der Waals surface area contributed by atoms with Gasteiger partial charge in [-0.2, -0.15) is 0 Å². The average molecular weight is 818 g/mol. The standard InChI is InChI=1S/C25H46N2O3S.C15H24N2O2.C6H13N/c1-7-9-11-12-15-27(24(30)14-10-8-2)23(20(3)4)19-22(18-21(5)29)25(26-6)31-17-13-16-28;1-15(2,11-19)10-13(16)9-12-3-5-14(6-4-12)17-7-8-18;1-7-5-3-2-4-6-7/h16,20,22-23H,7-15,17-19H2,1-6H3;3-6,11,13,17-18H,7-10,16H2,1-2H3;2-6H2,1H3. The van der Waals surface area contributed by atoms with E-state index in [9.17, 15) is 19.2 Å². The maximum absolute atomic E-state index is 13.2. The number of Topliss-reactive ketones (excluding diaryl/α,β-unsaturated/α-hetero) is 1. The molecule has 0 spiro atoms. The van der Waals surface area contributed by atoms with Crippen LogP contribution in [0.25, 0.3) is 0 Å². The molecule has 0 aromatic heterocycles. The molecule has 1 amide bonds. The minimum absolute atomic E-state index is 0.0105. The first-order valence-corrected chi connectivity index (χ1v) is 22.8. The van der Waals surface area contributed by atoms with E-state index in [-0.39, 0.29) is 41.7 Å². The van der Waals surface area contributed by atoms with Crippen LogP contribution in [0.4, 0.5) is 5.69 Å².